The number of hydrogen-bond acceptors (Lipinski definition) is 4. The Kier molecular flexibility index (Phi) is 6.26. The summed E-state index contributed by atoms with van der Waals surface area (Å²) in [7, 11) is 0. The number of benzene rings is 2. The number of aliphatic imine (C=N–C) groups is 1. The second-order valence-electron chi connectivity index (χ2n) is 6.70. The second-order valence-corrected chi connectivity index (χ2v) is 7.98. The zero-order valence-corrected chi connectivity index (χ0v) is 18.1. The third-order valence-electron chi connectivity index (χ3n) is 4.79. The molecular weight excluding hydrogens is 443 g/mol. The maximum atomic E-state index is 9.28. The number of nitriles is 1. The molecule has 4 rings (SSSR count). The second kappa shape index (κ2) is 9.07. The van der Waals surface area contributed by atoms with Gasteiger partial charge in [0, 0.05) is 41.8 Å². The first-order valence-electron chi connectivity index (χ1n) is 9.31. The Labute approximate surface area is 189 Å². The molecule has 0 spiro atoms. The summed E-state index contributed by atoms with van der Waals surface area (Å²) in [6, 6.07) is 14.6. The van der Waals surface area contributed by atoms with Gasteiger partial charge in [-0.15, -0.1) is 0 Å². The van der Waals surface area contributed by atoms with Crippen LogP contribution in [0, 0.1) is 11.5 Å². The predicted molar refractivity (Wildman–Crippen MR) is 121 cm³/mol. The normalized spacial score (nSPS) is 14.6. The monoisotopic (exact) mass is 458 g/mol. The minimum absolute atomic E-state index is 0.466. The summed E-state index contributed by atoms with van der Waals surface area (Å²) in [5.74, 6) is 0.540. The van der Waals surface area contributed by atoms with Gasteiger partial charge in [0.15, 0.2) is 5.84 Å². The Morgan fingerprint density at radius 2 is 1.70 bits per heavy atom. The molecule has 2 heterocycles. The molecule has 1 aliphatic rings. The van der Waals surface area contributed by atoms with Crippen molar-refractivity contribution >= 4 is 40.6 Å². The van der Waals surface area contributed by atoms with Gasteiger partial charge in [-0.3, -0.25) is 0 Å². The molecule has 0 atom stereocenters. The average Bonchev–Trinajstić information content (AvgIpc) is 3.18. The Morgan fingerprint density at radius 3 is 2.37 bits per heavy atom. The first kappa shape index (κ1) is 20.7. The van der Waals surface area contributed by atoms with Gasteiger partial charge in [-0.05, 0) is 36.4 Å². The van der Waals surface area contributed by atoms with E-state index in [1.165, 1.54) is 0 Å². The molecule has 9 heteroatoms. The molecule has 1 saturated heterocycles. The number of amidine groups is 1. The summed E-state index contributed by atoms with van der Waals surface area (Å²) in [5, 5.41) is 19.0. The maximum Gasteiger partial charge on any atom is 0.207 e. The Hall–Kier alpha value is -2.56. The van der Waals surface area contributed by atoms with Crippen LogP contribution in [0.1, 0.15) is 5.69 Å². The molecule has 30 heavy (non-hydrogen) atoms. The van der Waals surface area contributed by atoms with Crippen LogP contribution >= 0.6 is 34.8 Å². The van der Waals surface area contributed by atoms with E-state index in [2.05, 4.69) is 15.2 Å². The molecule has 0 amide bonds. The summed E-state index contributed by atoms with van der Waals surface area (Å²) < 4.78 is 1.74. The number of aromatic nitrogens is 2. The van der Waals surface area contributed by atoms with Crippen molar-refractivity contribution in [2.45, 2.75) is 0 Å². The van der Waals surface area contributed by atoms with Crippen LogP contribution < -0.4 is 5.32 Å². The highest BCUT2D eigenvalue weighted by Gasteiger charge is 2.22. The van der Waals surface area contributed by atoms with E-state index in [9.17, 15) is 5.26 Å². The van der Waals surface area contributed by atoms with Crippen LogP contribution in [0.3, 0.4) is 0 Å². The van der Waals surface area contributed by atoms with Gasteiger partial charge in [-0.25, -0.2) is 4.68 Å². The third-order valence-corrected chi connectivity index (χ3v) is 5.58. The van der Waals surface area contributed by atoms with Crippen molar-refractivity contribution in [3.8, 4) is 23.1 Å². The molecule has 0 unspecified atom stereocenters. The molecule has 0 radical (unpaired) electrons. The number of nitrogens with zero attached hydrogens (tertiary/aromatic N) is 5. The molecule has 1 aromatic heterocycles. The third kappa shape index (κ3) is 4.30. The van der Waals surface area contributed by atoms with Crippen molar-refractivity contribution in [2.75, 3.05) is 26.2 Å². The lowest BCUT2D eigenvalue weighted by atomic mass is 10.1. The van der Waals surface area contributed by atoms with Crippen molar-refractivity contribution < 1.29 is 0 Å². The van der Waals surface area contributed by atoms with Crippen LogP contribution in [-0.2, 0) is 0 Å². The molecule has 1 aliphatic heterocycles. The number of halogens is 3. The largest absolute Gasteiger partial charge is 0.352 e. The summed E-state index contributed by atoms with van der Waals surface area (Å²) >= 11 is 18.6. The fourth-order valence-corrected chi connectivity index (χ4v) is 3.98. The van der Waals surface area contributed by atoms with Gasteiger partial charge in [-0.2, -0.15) is 15.4 Å². The number of piperazine rings is 1. The average molecular weight is 460 g/mol. The maximum absolute atomic E-state index is 9.28. The van der Waals surface area contributed by atoms with Gasteiger partial charge in [0.05, 0.1) is 16.4 Å². The quantitative estimate of drug-likeness (QED) is 0.352. The van der Waals surface area contributed by atoms with Gasteiger partial charge in [-0.1, -0.05) is 46.9 Å². The highest BCUT2D eigenvalue weighted by Crippen LogP contribution is 2.30. The smallest absolute Gasteiger partial charge is 0.207 e. The molecule has 1 N–H and O–H groups in total. The summed E-state index contributed by atoms with van der Waals surface area (Å²) in [6.45, 7) is 3.12. The van der Waals surface area contributed by atoms with Gasteiger partial charge < -0.3 is 10.2 Å². The molecular formula is C21H17Cl3N6. The highest BCUT2D eigenvalue weighted by molar-refractivity contribution is 6.35. The van der Waals surface area contributed by atoms with Crippen LogP contribution in [0.5, 0.6) is 0 Å². The lowest BCUT2D eigenvalue weighted by molar-refractivity contribution is 0.357. The topological polar surface area (TPSA) is 69.2 Å². The van der Waals surface area contributed by atoms with E-state index in [1.807, 2.05) is 42.6 Å². The SMILES string of the molecule is N#CN=C(c1cc(-c2ccc(Cl)cc2)n(-c2ccc(Cl)cc2Cl)n1)N1CCNCC1. The van der Waals surface area contributed by atoms with Gasteiger partial charge in [0.2, 0.25) is 6.19 Å². The van der Waals surface area contributed by atoms with E-state index in [-0.39, 0.29) is 0 Å². The van der Waals surface area contributed by atoms with Crippen molar-refractivity contribution in [1.82, 2.24) is 20.0 Å². The highest BCUT2D eigenvalue weighted by atomic mass is 35.5. The first-order valence-corrected chi connectivity index (χ1v) is 10.4. The fourth-order valence-electron chi connectivity index (χ4n) is 3.37. The summed E-state index contributed by atoms with van der Waals surface area (Å²) in [6.07, 6.45) is 1.91. The van der Waals surface area contributed by atoms with Crippen LogP contribution in [-0.4, -0.2) is 46.7 Å². The molecule has 1 fully saturated rings. The minimum Gasteiger partial charge on any atom is -0.352 e. The zero-order chi connectivity index (χ0) is 21.1. The first-order chi connectivity index (χ1) is 14.6. The van der Waals surface area contributed by atoms with Crippen molar-refractivity contribution in [3.63, 3.8) is 0 Å². The molecule has 152 valence electrons. The van der Waals surface area contributed by atoms with Crippen molar-refractivity contribution in [3.05, 3.63) is 69.3 Å². The number of hydrogen-bond donors (Lipinski definition) is 1. The predicted octanol–water partition coefficient (Wildman–Crippen LogP) is 4.63. The van der Waals surface area contributed by atoms with E-state index < -0.39 is 0 Å². The molecule has 3 aromatic rings. The zero-order valence-electron chi connectivity index (χ0n) is 15.8. The van der Waals surface area contributed by atoms with Gasteiger partial charge in [0.25, 0.3) is 0 Å². The minimum atomic E-state index is 0.466. The van der Waals surface area contributed by atoms with Crippen LogP contribution in [0.15, 0.2) is 53.5 Å². The van der Waals surface area contributed by atoms with Crippen LogP contribution in [0.2, 0.25) is 15.1 Å². The van der Waals surface area contributed by atoms with Crippen LogP contribution in [0.25, 0.3) is 16.9 Å². The number of rotatable bonds is 3. The van der Waals surface area contributed by atoms with Gasteiger partial charge >= 0.3 is 0 Å². The van der Waals surface area contributed by atoms with Crippen molar-refractivity contribution in [1.29, 1.82) is 5.26 Å². The Balaban J connectivity index is 1.87. The molecule has 0 bridgehead atoms. The van der Waals surface area contributed by atoms with Crippen LogP contribution in [0.4, 0.5) is 0 Å². The van der Waals surface area contributed by atoms with Gasteiger partial charge in [0.1, 0.15) is 5.69 Å². The molecule has 2 aromatic carbocycles. The molecule has 0 saturated carbocycles. The van der Waals surface area contributed by atoms with E-state index in [0.717, 1.165) is 37.4 Å². The number of nitrogens with one attached hydrogen (secondary N) is 1. The summed E-state index contributed by atoms with van der Waals surface area (Å²) in [4.78, 5) is 6.14. The van der Waals surface area contributed by atoms with E-state index in [0.29, 0.717) is 32.3 Å². The Bertz CT molecular complexity index is 1120. The van der Waals surface area contributed by atoms with E-state index in [4.69, 9.17) is 39.9 Å². The molecule has 6 nitrogen and oxygen atoms in total. The van der Waals surface area contributed by atoms with Crippen molar-refractivity contribution in [2.24, 2.45) is 4.99 Å². The standard InChI is InChI=1S/C21H17Cl3N6/c22-15-3-1-14(2-4-15)20-12-18(21(27-13-25)29-9-7-26-8-10-29)28-30(20)19-6-5-16(23)11-17(19)24/h1-6,11-12,26H,7-10H2. The lowest BCUT2D eigenvalue weighted by Gasteiger charge is -2.28. The molecule has 0 aliphatic carbocycles. The fraction of sp³-hybridized carbons (Fsp3) is 0.190. The van der Waals surface area contributed by atoms with E-state index >= 15 is 0 Å². The van der Waals surface area contributed by atoms with E-state index in [1.54, 1.807) is 16.8 Å². The Morgan fingerprint density at radius 1 is 1.00 bits per heavy atom. The lowest BCUT2D eigenvalue weighted by Crippen LogP contribution is -2.46. The summed E-state index contributed by atoms with van der Waals surface area (Å²) in [5.41, 5.74) is 2.97.